The minimum atomic E-state index is 0.312. The molecule has 5 heterocycles. The molecule has 168 valence electrons. The van der Waals surface area contributed by atoms with Crippen LogP contribution in [0.3, 0.4) is 0 Å². The normalized spacial score (nSPS) is 16.1. The van der Waals surface area contributed by atoms with Crippen LogP contribution in [-0.2, 0) is 0 Å². The molecule has 7 nitrogen and oxygen atoms in total. The molecule has 1 aliphatic rings. The molecule has 0 saturated carbocycles. The Hall–Kier alpha value is -2.58. The highest BCUT2D eigenvalue weighted by Gasteiger charge is 2.26. The third kappa shape index (κ3) is 3.75. The van der Waals surface area contributed by atoms with E-state index in [0.29, 0.717) is 17.9 Å². The van der Waals surface area contributed by atoms with Crippen LogP contribution in [0.5, 0.6) is 0 Å². The summed E-state index contributed by atoms with van der Waals surface area (Å²) < 4.78 is 1.83. The number of aryl methyl sites for hydroxylation is 1. The first-order valence-corrected chi connectivity index (χ1v) is 12.3. The van der Waals surface area contributed by atoms with Crippen LogP contribution in [0.2, 0.25) is 0 Å². The SMILES string of the molecule is Cc1cc(-c2[nH]nc(-c3ncc(C4CCN(C(C)C)CC4)s3)c2C(C)C)cn2ncnc12. The predicted molar refractivity (Wildman–Crippen MR) is 129 cm³/mol. The van der Waals surface area contributed by atoms with Gasteiger partial charge in [-0.25, -0.2) is 14.5 Å². The third-order valence-electron chi connectivity index (χ3n) is 6.62. The fourth-order valence-electron chi connectivity index (χ4n) is 4.81. The first kappa shape index (κ1) is 21.3. The number of nitrogens with one attached hydrogen (secondary N) is 1. The van der Waals surface area contributed by atoms with Crippen molar-refractivity contribution in [2.24, 2.45) is 0 Å². The van der Waals surface area contributed by atoms with E-state index in [2.05, 4.69) is 67.0 Å². The number of thiazole rings is 1. The number of pyridine rings is 1. The molecule has 0 spiro atoms. The molecule has 0 unspecified atom stereocenters. The summed E-state index contributed by atoms with van der Waals surface area (Å²) in [6.07, 6.45) is 8.12. The number of likely N-dealkylation sites (tertiary alicyclic amines) is 1. The first-order chi connectivity index (χ1) is 15.4. The molecule has 4 aromatic heterocycles. The molecule has 0 radical (unpaired) electrons. The lowest BCUT2D eigenvalue weighted by Gasteiger charge is -2.34. The molecule has 0 aromatic carbocycles. The van der Waals surface area contributed by atoms with Crippen molar-refractivity contribution >= 4 is 17.0 Å². The summed E-state index contributed by atoms with van der Waals surface area (Å²) in [7, 11) is 0. The van der Waals surface area contributed by atoms with Crippen molar-refractivity contribution < 1.29 is 0 Å². The van der Waals surface area contributed by atoms with Gasteiger partial charge in [-0.2, -0.15) is 10.2 Å². The average molecular weight is 450 g/mol. The van der Waals surface area contributed by atoms with Crippen molar-refractivity contribution in [2.45, 2.75) is 65.3 Å². The van der Waals surface area contributed by atoms with Gasteiger partial charge in [0, 0.05) is 34.4 Å². The zero-order valence-electron chi connectivity index (χ0n) is 19.5. The first-order valence-electron chi connectivity index (χ1n) is 11.5. The molecular weight excluding hydrogens is 418 g/mol. The highest BCUT2D eigenvalue weighted by atomic mass is 32.1. The Labute approximate surface area is 192 Å². The van der Waals surface area contributed by atoms with Crippen molar-refractivity contribution in [2.75, 3.05) is 13.1 Å². The van der Waals surface area contributed by atoms with E-state index in [-0.39, 0.29) is 0 Å². The van der Waals surface area contributed by atoms with E-state index in [0.717, 1.165) is 33.2 Å². The molecule has 1 saturated heterocycles. The Morgan fingerprint density at radius 3 is 2.62 bits per heavy atom. The maximum absolute atomic E-state index is 4.82. The van der Waals surface area contributed by atoms with Gasteiger partial charge in [0.15, 0.2) is 5.65 Å². The van der Waals surface area contributed by atoms with E-state index in [1.807, 2.05) is 22.0 Å². The lowest BCUT2D eigenvalue weighted by Crippen LogP contribution is -2.37. The summed E-state index contributed by atoms with van der Waals surface area (Å²) in [5.74, 6) is 0.918. The van der Waals surface area contributed by atoms with Crippen molar-refractivity contribution in [3.05, 3.63) is 40.8 Å². The highest BCUT2D eigenvalue weighted by Crippen LogP contribution is 2.40. The van der Waals surface area contributed by atoms with E-state index in [9.17, 15) is 0 Å². The fraction of sp³-hybridized carbons (Fsp3) is 0.500. The molecule has 4 aromatic rings. The van der Waals surface area contributed by atoms with E-state index in [1.54, 1.807) is 6.33 Å². The van der Waals surface area contributed by atoms with Gasteiger partial charge in [-0.1, -0.05) is 13.8 Å². The zero-order chi connectivity index (χ0) is 22.4. The molecule has 8 heteroatoms. The monoisotopic (exact) mass is 449 g/mol. The second-order valence-electron chi connectivity index (χ2n) is 9.43. The topological polar surface area (TPSA) is 75.0 Å². The number of H-pyrrole nitrogens is 1. The fourth-order valence-corrected chi connectivity index (χ4v) is 5.90. The van der Waals surface area contributed by atoms with Crippen LogP contribution < -0.4 is 0 Å². The number of hydrogen-bond acceptors (Lipinski definition) is 6. The second kappa shape index (κ2) is 8.41. The van der Waals surface area contributed by atoms with E-state index < -0.39 is 0 Å². The molecule has 0 atom stereocenters. The van der Waals surface area contributed by atoms with Gasteiger partial charge < -0.3 is 4.90 Å². The molecular formula is C24H31N7S. The standard InChI is InChI=1S/C24H31N7S/c1-14(2)20-21(18-10-16(5)23-26-13-27-31(23)12-18)28-29-22(20)24-25-11-19(32-24)17-6-8-30(9-7-17)15(3)4/h10-15,17H,6-9H2,1-5H3,(H,28,29). The maximum atomic E-state index is 4.82. The second-order valence-corrected chi connectivity index (χ2v) is 10.5. The van der Waals surface area contributed by atoms with Crippen molar-refractivity contribution in [3.8, 4) is 22.0 Å². The van der Waals surface area contributed by atoms with Crippen LogP contribution in [-0.4, -0.2) is 53.8 Å². The highest BCUT2D eigenvalue weighted by molar-refractivity contribution is 7.15. The van der Waals surface area contributed by atoms with E-state index >= 15 is 0 Å². The third-order valence-corrected chi connectivity index (χ3v) is 7.78. The summed E-state index contributed by atoms with van der Waals surface area (Å²) >= 11 is 1.81. The lowest BCUT2D eigenvalue weighted by molar-refractivity contribution is 0.172. The largest absolute Gasteiger partial charge is 0.301 e. The Kier molecular flexibility index (Phi) is 5.59. The van der Waals surface area contributed by atoms with Crippen LogP contribution in [0.4, 0.5) is 0 Å². The Bertz CT molecular complexity index is 1220. The number of aromatic amines is 1. The Morgan fingerprint density at radius 2 is 1.91 bits per heavy atom. The summed E-state index contributed by atoms with van der Waals surface area (Å²) in [6.45, 7) is 13.4. The average Bonchev–Trinajstić information content (AvgIpc) is 3.51. The number of fused-ring (bicyclic) bond motifs is 1. The minimum Gasteiger partial charge on any atom is -0.301 e. The van der Waals surface area contributed by atoms with Crippen LogP contribution in [0, 0.1) is 6.92 Å². The van der Waals surface area contributed by atoms with Gasteiger partial charge >= 0.3 is 0 Å². The van der Waals surface area contributed by atoms with Gasteiger partial charge in [0.1, 0.15) is 17.0 Å². The molecule has 0 bridgehead atoms. The number of rotatable bonds is 5. The van der Waals surface area contributed by atoms with Gasteiger partial charge in [0.2, 0.25) is 0 Å². The maximum Gasteiger partial charge on any atom is 0.158 e. The van der Waals surface area contributed by atoms with Gasteiger partial charge in [0.05, 0.1) is 5.69 Å². The summed E-state index contributed by atoms with van der Waals surface area (Å²) in [6, 6.07) is 2.78. The van der Waals surface area contributed by atoms with Crippen LogP contribution in [0.25, 0.3) is 27.6 Å². The predicted octanol–water partition coefficient (Wildman–Crippen LogP) is 5.26. The van der Waals surface area contributed by atoms with Gasteiger partial charge in [-0.3, -0.25) is 5.10 Å². The summed E-state index contributed by atoms with van der Waals surface area (Å²) in [5.41, 5.74) is 6.27. The minimum absolute atomic E-state index is 0.312. The molecule has 1 aliphatic heterocycles. The number of nitrogens with zero attached hydrogens (tertiary/aromatic N) is 6. The molecule has 1 fully saturated rings. The number of hydrogen-bond donors (Lipinski definition) is 1. The van der Waals surface area contributed by atoms with E-state index in [4.69, 9.17) is 10.1 Å². The van der Waals surface area contributed by atoms with Crippen molar-refractivity contribution in [3.63, 3.8) is 0 Å². The van der Waals surface area contributed by atoms with E-state index in [1.165, 1.54) is 36.4 Å². The molecule has 0 amide bonds. The molecule has 5 rings (SSSR count). The van der Waals surface area contributed by atoms with Gasteiger partial charge in [-0.05, 0) is 70.2 Å². The van der Waals surface area contributed by atoms with Crippen LogP contribution in [0.1, 0.15) is 68.4 Å². The van der Waals surface area contributed by atoms with Crippen molar-refractivity contribution in [1.29, 1.82) is 0 Å². The van der Waals surface area contributed by atoms with Crippen LogP contribution >= 0.6 is 11.3 Å². The zero-order valence-corrected chi connectivity index (χ0v) is 20.3. The van der Waals surface area contributed by atoms with Crippen molar-refractivity contribution in [1.82, 2.24) is 34.7 Å². The summed E-state index contributed by atoms with van der Waals surface area (Å²) in [5, 5.41) is 13.4. The smallest absolute Gasteiger partial charge is 0.158 e. The summed E-state index contributed by atoms with van der Waals surface area (Å²) in [4.78, 5) is 13.1. The number of piperidine rings is 1. The lowest BCUT2D eigenvalue weighted by atomic mass is 9.95. The molecule has 0 aliphatic carbocycles. The number of aromatic nitrogens is 6. The molecule has 32 heavy (non-hydrogen) atoms. The molecule has 1 N–H and O–H groups in total. The van der Waals surface area contributed by atoms with Gasteiger partial charge in [-0.15, -0.1) is 11.3 Å². The Balaban J connectivity index is 1.47. The quantitative estimate of drug-likeness (QED) is 0.450. The Morgan fingerprint density at radius 1 is 1.12 bits per heavy atom. The van der Waals surface area contributed by atoms with Gasteiger partial charge in [0.25, 0.3) is 0 Å². The van der Waals surface area contributed by atoms with Crippen LogP contribution in [0.15, 0.2) is 24.8 Å².